The quantitative estimate of drug-likeness (QED) is 0.850. The Kier molecular flexibility index (Phi) is 3.28. The maximum Gasteiger partial charge on any atom is 0.221 e. The summed E-state index contributed by atoms with van der Waals surface area (Å²) in [7, 11) is 0. The van der Waals surface area contributed by atoms with E-state index in [-0.39, 0.29) is 11.8 Å². The third-order valence-corrected chi connectivity index (χ3v) is 2.46. The van der Waals surface area contributed by atoms with Crippen LogP contribution in [0.4, 0.5) is 11.4 Å². The van der Waals surface area contributed by atoms with Crippen molar-refractivity contribution in [1.29, 1.82) is 0 Å². The molecule has 0 fully saturated rings. The van der Waals surface area contributed by atoms with Crippen LogP contribution in [0.25, 0.3) is 11.1 Å². The predicted molar refractivity (Wildman–Crippen MR) is 71.7 cm³/mol. The van der Waals surface area contributed by atoms with E-state index >= 15 is 0 Å². The molecule has 0 saturated heterocycles. The van der Waals surface area contributed by atoms with E-state index in [0.29, 0.717) is 11.4 Å². The van der Waals surface area contributed by atoms with Gasteiger partial charge in [0.1, 0.15) is 0 Å². The highest BCUT2D eigenvalue weighted by Crippen LogP contribution is 2.28. The smallest absolute Gasteiger partial charge is 0.221 e. The van der Waals surface area contributed by atoms with Gasteiger partial charge in [-0.25, -0.2) is 0 Å². The van der Waals surface area contributed by atoms with E-state index in [2.05, 4.69) is 10.6 Å². The van der Waals surface area contributed by atoms with Gasteiger partial charge in [-0.15, -0.1) is 0 Å². The molecule has 0 atom stereocenters. The van der Waals surface area contributed by atoms with Crippen LogP contribution in [0.5, 0.6) is 0 Å². The minimum Gasteiger partial charge on any atom is -0.326 e. The minimum atomic E-state index is -0.144. The SMILES string of the molecule is CC(=O)Nc1cc(NC(C)=O)cc2cccc-2c1. The monoisotopic (exact) mass is 242 g/mol. The van der Waals surface area contributed by atoms with E-state index in [0.717, 1.165) is 11.1 Å². The summed E-state index contributed by atoms with van der Waals surface area (Å²) in [6.07, 6.45) is 0. The molecule has 4 nitrogen and oxygen atoms in total. The van der Waals surface area contributed by atoms with E-state index < -0.39 is 0 Å². The number of nitrogens with one attached hydrogen (secondary N) is 2. The van der Waals surface area contributed by atoms with Gasteiger partial charge in [0.05, 0.1) is 0 Å². The molecule has 18 heavy (non-hydrogen) atoms. The van der Waals surface area contributed by atoms with Crippen LogP contribution < -0.4 is 10.6 Å². The zero-order chi connectivity index (χ0) is 13.1. The first kappa shape index (κ1) is 12.1. The Balaban J connectivity index is 2.49. The van der Waals surface area contributed by atoms with Gasteiger partial charge >= 0.3 is 0 Å². The Bertz CT molecular complexity index is 530. The molecule has 0 aromatic rings. The number of amides is 2. The molecular formula is C14H14N2O2. The summed E-state index contributed by atoms with van der Waals surface area (Å²) < 4.78 is 0. The van der Waals surface area contributed by atoms with E-state index in [9.17, 15) is 9.59 Å². The third-order valence-electron chi connectivity index (χ3n) is 2.46. The molecule has 0 heterocycles. The summed E-state index contributed by atoms with van der Waals surface area (Å²) >= 11 is 0. The average Bonchev–Trinajstić information content (AvgIpc) is 2.57. The Morgan fingerprint density at radius 3 is 1.67 bits per heavy atom. The van der Waals surface area contributed by atoms with Gasteiger partial charge < -0.3 is 10.6 Å². The largest absolute Gasteiger partial charge is 0.326 e. The van der Waals surface area contributed by atoms with Crippen LogP contribution in [0, 0.1) is 0 Å². The van der Waals surface area contributed by atoms with Crippen molar-refractivity contribution in [2.24, 2.45) is 0 Å². The highest BCUT2D eigenvalue weighted by atomic mass is 16.2. The van der Waals surface area contributed by atoms with Crippen molar-refractivity contribution in [1.82, 2.24) is 0 Å². The van der Waals surface area contributed by atoms with Crippen LogP contribution in [0.2, 0.25) is 0 Å². The van der Waals surface area contributed by atoms with Crippen molar-refractivity contribution in [3.8, 4) is 11.1 Å². The zero-order valence-electron chi connectivity index (χ0n) is 10.3. The molecule has 0 saturated carbocycles. The van der Waals surface area contributed by atoms with E-state index in [4.69, 9.17) is 0 Å². The second kappa shape index (κ2) is 4.87. The van der Waals surface area contributed by atoms with E-state index in [1.54, 1.807) is 6.07 Å². The molecule has 0 radical (unpaired) electrons. The lowest BCUT2D eigenvalue weighted by Gasteiger charge is -2.01. The fourth-order valence-corrected chi connectivity index (χ4v) is 1.85. The first-order chi connectivity index (χ1) is 8.54. The molecule has 0 aromatic heterocycles. The maximum absolute atomic E-state index is 11.1. The van der Waals surface area contributed by atoms with Gasteiger partial charge in [0.15, 0.2) is 0 Å². The number of hydrogen-bond donors (Lipinski definition) is 2. The third kappa shape index (κ3) is 2.85. The molecular weight excluding hydrogens is 228 g/mol. The van der Waals surface area contributed by atoms with Crippen LogP contribution in [0.3, 0.4) is 0 Å². The second-order valence-corrected chi connectivity index (χ2v) is 4.14. The second-order valence-electron chi connectivity index (χ2n) is 4.14. The number of carbonyl (C=O) groups is 2. The van der Waals surface area contributed by atoms with Crippen LogP contribution in [0.15, 0.2) is 36.4 Å². The highest BCUT2D eigenvalue weighted by Gasteiger charge is 2.06. The Morgan fingerprint density at radius 1 is 0.833 bits per heavy atom. The lowest BCUT2D eigenvalue weighted by atomic mass is 10.2. The Labute approximate surface area is 105 Å². The van der Waals surface area contributed by atoms with Gasteiger partial charge in [-0.1, -0.05) is 18.2 Å². The predicted octanol–water partition coefficient (Wildman–Crippen LogP) is 2.71. The molecule has 0 unspecified atom stereocenters. The number of anilines is 2. The summed E-state index contributed by atoms with van der Waals surface area (Å²) in [6.45, 7) is 2.90. The first-order valence-corrected chi connectivity index (χ1v) is 5.63. The summed E-state index contributed by atoms with van der Waals surface area (Å²) in [5.41, 5.74) is 3.34. The fourth-order valence-electron chi connectivity index (χ4n) is 1.85. The maximum atomic E-state index is 11.1. The highest BCUT2D eigenvalue weighted by molar-refractivity contribution is 5.93. The number of carbonyl (C=O) groups excluding carboxylic acids is 2. The minimum absolute atomic E-state index is 0.144. The van der Waals surface area contributed by atoms with Crippen LogP contribution in [-0.2, 0) is 9.59 Å². The van der Waals surface area contributed by atoms with Gasteiger partial charge in [-0.05, 0) is 29.3 Å². The molecule has 4 heteroatoms. The fraction of sp³-hybridized carbons (Fsp3) is 0.143. The topological polar surface area (TPSA) is 58.2 Å². The summed E-state index contributed by atoms with van der Waals surface area (Å²) in [5, 5.41) is 5.46. The summed E-state index contributed by atoms with van der Waals surface area (Å²) in [6, 6.07) is 11.3. The van der Waals surface area contributed by atoms with Gasteiger partial charge in [0.2, 0.25) is 11.8 Å². The van der Waals surface area contributed by atoms with Gasteiger partial charge in [-0.2, -0.15) is 0 Å². The van der Waals surface area contributed by atoms with E-state index in [1.165, 1.54) is 13.8 Å². The molecule has 0 spiro atoms. The van der Waals surface area contributed by atoms with Gasteiger partial charge in [0, 0.05) is 25.2 Å². The first-order valence-electron chi connectivity index (χ1n) is 5.63. The van der Waals surface area contributed by atoms with Crippen molar-refractivity contribution in [2.45, 2.75) is 13.8 Å². The van der Waals surface area contributed by atoms with Crippen molar-refractivity contribution in [3.63, 3.8) is 0 Å². The normalized spacial score (nSPS) is 10.1. The Morgan fingerprint density at radius 2 is 1.28 bits per heavy atom. The average molecular weight is 242 g/mol. The summed E-state index contributed by atoms with van der Waals surface area (Å²) in [5.74, 6) is -0.288. The number of hydrogen-bond acceptors (Lipinski definition) is 2. The van der Waals surface area contributed by atoms with Crippen molar-refractivity contribution in [2.75, 3.05) is 10.6 Å². The molecule has 2 rings (SSSR count). The molecule has 0 bridgehead atoms. The molecule has 2 aliphatic rings. The molecule has 0 aliphatic heterocycles. The molecule has 2 amide bonds. The standard InChI is InChI=1S/C14H14N2O2/c1-9(17)15-13-6-11-4-3-5-12(11)7-14(8-13)16-10(2)18/h3-8H,1-2H3,(H,15,17)(H,16,18). The molecule has 0 aromatic carbocycles. The van der Waals surface area contributed by atoms with E-state index in [1.807, 2.05) is 30.3 Å². The molecule has 92 valence electrons. The lowest BCUT2D eigenvalue weighted by molar-refractivity contribution is -0.115. The van der Waals surface area contributed by atoms with Crippen LogP contribution in [-0.4, -0.2) is 11.8 Å². The molecule has 2 aliphatic carbocycles. The summed E-state index contributed by atoms with van der Waals surface area (Å²) in [4.78, 5) is 22.2. The van der Waals surface area contributed by atoms with Crippen molar-refractivity contribution in [3.05, 3.63) is 36.4 Å². The van der Waals surface area contributed by atoms with Crippen LogP contribution >= 0.6 is 0 Å². The number of rotatable bonds is 2. The lowest BCUT2D eigenvalue weighted by Crippen LogP contribution is -2.07. The zero-order valence-corrected chi connectivity index (χ0v) is 10.3. The van der Waals surface area contributed by atoms with Crippen LogP contribution in [0.1, 0.15) is 13.8 Å². The number of fused-ring (bicyclic) bond motifs is 1. The Hall–Kier alpha value is -2.36. The van der Waals surface area contributed by atoms with Gasteiger partial charge in [0.25, 0.3) is 0 Å². The van der Waals surface area contributed by atoms with Crippen molar-refractivity contribution < 1.29 is 9.59 Å². The van der Waals surface area contributed by atoms with Gasteiger partial charge in [-0.3, -0.25) is 9.59 Å². The van der Waals surface area contributed by atoms with Crippen molar-refractivity contribution >= 4 is 23.2 Å². The molecule has 2 N–H and O–H groups in total.